The van der Waals surface area contributed by atoms with E-state index in [0.717, 1.165) is 29.7 Å². The van der Waals surface area contributed by atoms with E-state index in [4.69, 9.17) is 5.73 Å². The Labute approximate surface area is 124 Å². The van der Waals surface area contributed by atoms with E-state index in [-0.39, 0.29) is 10.9 Å². The van der Waals surface area contributed by atoms with Crippen molar-refractivity contribution in [1.29, 1.82) is 0 Å². The summed E-state index contributed by atoms with van der Waals surface area (Å²) in [5, 5.41) is 0. The van der Waals surface area contributed by atoms with E-state index in [1.165, 1.54) is 12.1 Å². The van der Waals surface area contributed by atoms with Gasteiger partial charge in [-0.25, -0.2) is 13.8 Å². The SMILES string of the molecule is CCC(N)Cc1cc(F)c(Sc2nc(C)ns2)c(F)c1. The Kier molecular flexibility index (Phi) is 5.06. The van der Waals surface area contributed by atoms with E-state index in [1.54, 1.807) is 6.92 Å². The average molecular weight is 315 g/mol. The minimum absolute atomic E-state index is 0.0463. The maximum Gasteiger partial charge on any atom is 0.175 e. The lowest BCUT2D eigenvalue weighted by Crippen LogP contribution is -2.21. The summed E-state index contributed by atoms with van der Waals surface area (Å²) in [5.41, 5.74) is 6.38. The van der Waals surface area contributed by atoms with Crippen LogP contribution in [0.15, 0.2) is 21.4 Å². The van der Waals surface area contributed by atoms with Crippen molar-refractivity contribution in [2.24, 2.45) is 5.73 Å². The highest BCUT2D eigenvalue weighted by Crippen LogP contribution is 2.33. The van der Waals surface area contributed by atoms with E-state index in [1.807, 2.05) is 6.92 Å². The molecule has 7 heteroatoms. The van der Waals surface area contributed by atoms with Crippen LogP contribution in [0.4, 0.5) is 8.78 Å². The van der Waals surface area contributed by atoms with E-state index in [0.29, 0.717) is 22.1 Å². The van der Waals surface area contributed by atoms with Crippen molar-refractivity contribution in [3.05, 3.63) is 35.2 Å². The fraction of sp³-hybridized carbons (Fsp3) is 0.385. The molecule has 2 aromatic rings. The standard InChI is InChI=1S/C13H15F2N3S2/c1-3-9(16)4-8-5-10(14)12(11(15)6-8)19-13-17-7(2)18-20-13/h5-6,9H,3-4,16H2,1-2H3. The van der Waals surface area contributed by atoms with Crippen LogP contribution in [-0.4, -0.2) is 15.4 Å². The molecule has 3 nitrogen and oxygen atoms in total. The molecule has 1 aromatic heterocycles. The summed E-state index contributed by atoms with van der Waals surface area (Å²) in [5.74, 6) is -0.564. The minimum atomic E-state index is -0.582. The number of hydrogen-bond donors (Lipinski definition) is 1. The van der Waals surface area contributed by atoms with Gasteiger partial charge in [-0.1, -0.05) is 18.7 Å². The van der Waals surface area contributed by atoms with Crippen molar-refractivity contribution in [3.8, 4) is 0 Å². The Morgan fingerprint density at radius 2 is 2.00 bits per heavy atom. The molecule has 1 aromatic carbocycles. The van der Waals surface area contributed by atoms with Gasteiger partial charge < -0.3 is 5.73 Å². The molecule has 0 saturated carbocycles. The third kappa shape index (κ3) is 3.74. The molecule has 0 spiro atoms. The zero-order valence-electron chi connectivity index (χ0n) is 11.2. The van der Waals surface area contributed by atoms with Gasteiger partial charge >= 0.3 is 0 Å². The topological polar surface area (TPSA) is 51.8 Å². The van der Waals surface area contributed by atoms with Crippen LogP contribution in [0.3, 0.4) is 0 Å². The van der Waals surface area contributed by atoms with E-state index in [2.05, 4.69) is 9.36 Å². The fourth-order valence-corrected chi connectivity index (χ4v) is 3.28. The number of aromatic nitrogens is 2. The summed E-state index contributed by atoms with van der Waals surface area (Å²) in [6.07, 6.45) is 1.23. The van der Waals surface area contributed by atoms with Gasteiger partial charge in [0, 0.05) is 6.04 Å². The zero-order valence-corrected chi connectivity index (χ0v) is 12.8. The second-order valence-electron chi connectivity index (χ2n) is 4.47. The molecular weight excluding hydrogens is 300 g/mol. The average Bonchev–Trinajstić information content (AvgIpc) is 2.79. The monoisotopic (exact) mass is 315 g/mol. The molecule has 0 aliphatic carbocycles. The van der Waals surface area contributed by atoms with Gasteiger partial charge in [-0.3, -0.25) is 0 Å². The largest absolute Gasteiger partial charge is 0.327 e. The van der Waals surface area contributed by atoms with Crippen molar-refractivity contribution in [1.82, 2.24) is 9.36 Å². The van der Waals surface area contributed by atoms with Crippen LogP contribution in [0.1, 0.15) is 24.7 Å². The van der Waals surface area contributed by atoms with Crippen molar-refractivity contribution in [2.45, 2.75) is 42.0 Å². The van der Waals surface area contributed by atoms with E-state index < -0.39 is 11.6 Å². The first-order valence-corrected chi connectivity index (χ1v) is 7.80. The molecule has 20 heavy (non-hydrogen) atoms. The Morgan fingerprint density at radius 3 is 2.50 bits per heavy atom. The molecule has 1 atom stereocenters. The first-order chi connectivity index (χ1) is 9.49. The summed E-state index contributed by atoms with van der Waals surface area (Å²) in [6.45, 7) is 3.68. The van der Waals surface area contributed by atoms with Gasteiger partial charge in [-0.15, -0.1) is 0 Å². The Hall–Kier alpha value is -1.05. The molecule has 0 radical (unpaired) electrons. The summed E-state index contributed by atoms with van der Waals surface area (Å²) in [7, 11) is 0. The van der Waals surface area contributed by atoms with Crippen molar-refractivity contribution in [3.63, 3.8) is 0 Å². The van der Waals surface area contributed by atoms with Gasteiger partial charge in [0.2, 0.25) is 0 Å². The van der Waals surface area contributed by atoms with Gasteiger partial charge in [-0.05, 0) is 49.0 Å². The molecule has 1 heterocycles. The highest BCUT2D eigenvalue weighted by atomic mass is 32.2. The van der Waals surface area contributed by atoms with Crippen LogP contribution in [0.2, 0.25) is 0 Å². The Bertz CT molecular complexity index is 578. The molecule has 108 valence electrons. The van der Waals surface area contributed by atoms with Crippen molar-refractivity contribution >= 4 is 23.3 Å². The van der Waals surface area contributed by atoms with Crippen LogP contribution in [0, 0.1) is 18.6 Å². The van der Waals surface area contributed by atoms with Gasteiger partial charge in [-0.2, -0.15) is 4.37 Å². The number of benzene rings is 1. The number of hydrogen-bond acceptors (Lipinski definition) is 5. The summed E-state index contributed by atoms with van der Waals surface area (Å²) < 4.78 is 32.5. The molecule has 0 fully saturated rings. The predicted molar refractivity (Wildman–Crippen MR) is 77.1 cm³/mol. The molecule has 0 saturated heterocycles. The van der Waals surface area contributed by atoms with Gasteiger partial charge in [0.1, 0.15) is 17.5 Å². The number of nitrogens with two attached hydrogens (primary N) is 1. The van der Waals surface area contributed by atoms with Crippen LogP contribution in [0.25, 0.3) is 0 Å². The van der Waals surface area contributed by atoms with Crippen LogP contribution >= 0.6 is 23.3 Å². The number of rotatable bonds is 5. The summed E-state index contributed by atoms with van der Waals surface area (Å²) in [6, 6.07) is 2.60. The second-order valence-corrected chi connectivity index (χ2v) is 6.48. The van der Waals surface area contributed by atoms with Crippen LogP contribution in [0.5, 0.6) is 0 Å². The minimum Gasteiger partial charge on any atom is -0.327 e. The van der Waals surface area contributed by atoms with E-state index in [9.17, 15) is 8.78 Å². The maximum atomic E-state index is 14.0. The molecular formula is C13H15F2N3S2. The lowest BCUT2D eigenvalue weighted by molar-refractivity contribution is 0.533. The third-order valence-electron chi connectivity index (χ3n) is 2.78. The molecule has 0 bridgehead atoms. The second kappa shape index (κ2) is 6.60. The van der Waals surface area contributed by atoms with Crippen LogP contribution in [-0.2, 0) is 6.42 Å². The van der Waals surface area contributed by atoms with Gasteiger partial charge in [0.05, 0.1) is 4.90 Å². The Morgan fingerprint density at radius 1 is 1.35 bits per heavy atom. The lowest BCUT2D eigenvalue weighted by Gasteiger charge is -2.10. The first kappa shape index (κ1) is 15.3. The Balaban J connectivity index is 2.22. The normalized spacial score (nSPS) is 12.7. The van der Waals surface area contributed by atoms with Crippen molar-refractivity contribution < 1.29 is 8.78 Å². The maximum absolute atomic E-state index is 14.0. The quantitative estimate of drug-likeness (QED) is 0.916. The third-order valence-corrected chi connectivity index (χ3v) is 4.72. The number of halogens is 2. The fourth-order valence-electron chi connectivity index (χ4n) is 1.68. The van der Waals surface area contributed by atoms with Gasteiger partial charge in [0.15, 0.2) is 4.34 Å². The lowest BCUT2D eigenvalue weighted by atomic mass is 10.0. The smallest absolute Gasteiger partial charge is 0.175 e. The van der Waals surface area contributed by atoms with Gasteiger partial charge in [0.25, 0.3) is 0 Å². The first-order valence-electron chi connectivity index (χ1n) is 6.21. The zero-order chi connectivity index (χ0) is 14.7. The molecule has 2 N–H and O–H groups in total. The molecule has 0 aliphatic rings. The highest BCUT2D eigenvalue weighted by molar-refractivity contribution is 8.01. The predicted octanol–water partition coefficient (Wildman–Crippen LogP) is 3.56. The molecule has 0 aliphatic heterocycles. The molecule has 1 unspecified atom stereocenters. The summed E-state index contributed by atoms with van der Waals surface area (Å²) >= 11 is 2.09. The summed E-state index contributed by atoms with van der Waals surface area (Å²) in [4.78, 5) is 4.04. The van der Waals surface area contributed by atoms with Crippen molar-refractivity contribution in [2.75, 3.05) is 0 Å². The highest BCUT2D eigenvalue weighted by Gasteiger charge is 2.15. The number of nitrogens with zero attached hydrogens (tertiary/aromatic N) is 2. The molecule has 2 rings (SSSR count). The van der Waals surface area contributed by atoms with Crippen LogP contribution < -0.4 is 5.73 Å². The number of aryl methyl sites for hydroxylation is 1. The van der Waals surface area contributed by atoms with E-state index >= 15 is 0 Å². The molecule has 0 amide bonds.